The zero-order valence-electron chi connectivity index (χ0n) is 18.1. The van der Waals surface area contributed by atoms with Crippen molar-refractivity contribution >= 4 is 21.6 Å². The van der Waals surface area contributed by atoms with Crippen LogP contribution in [0.3, 0.4) is 0 Å². The standard InChI is InChI=1S/C25H26N2O4S/c1-3-21(19-15-13-18(2)14-16-19)26-25(28)24-17-27(22-11-7-8-12-23(22)31-24)32(29,30)20-9-5-4-6-10-20/h4-16,21,24H,3,17H2,1-2H3,(H,26,28)/t21-,24-/m1/s1. The smallest absolute Gasteiger partial charge is 0.264 e. The normalized spacial score (nSPS) is 16.6. The van der Waals surface area contributed by atoms with Gasteiger partial charge >= 0.3 is 0 Å². The number of ether oxygens (including phenoxy) is 1. The van der Waals surface area contributed by atoms with Gasteiger partial charge in [-0.1, -0.05) is 67.1 Å². The fraction of sp³-hybridized carbons (Fsp3) is 0.240. The molecule has 32 heavy (non-hydrogen) atoms. The third kappa shape index (κ3) is 4.34. The lowest BCUT2D eigenvalue weighted by atomic mass is 10.0. The second-order valence-electron chi connectivity index (χ2n) is 7.80. The van der Waals surface area contributed by atoms with Crippen LogP contribution in [0.1, 0.15) is 30.5 Å². The van der Waals surface area contributed by atoms with Gasteiger partial charge in [-0.25, -0.2) is 8.42 Å². The summed E-state index contributed by atoms with van der Waals surface area (Å²) in [4.78, 5) is 13.3. The van der Waals surface area contributed by atoms with E-state index in [1.807, 2.05) is 38.1 Å². The third-order valence-electron chi connectivity index (χ3n) is 5.56. The molecule has 6 nitrogen and oxygen atoms in total. The minimum absolute atomic E-state index is 0.107. The molecule has 1 aliphatic rings. The van der Waals surface area contributed by atoms with Crippen LogP contribution < -0.4 is 14.4 Å². The molecule has 0 radical (unpaired) electrons. The highest BCUT2D eigenvalue weighted by atomic mass is 32.2. The van der Waals surface area contributed by atoms with Gasteiger partial charge in [0.15, 0.2) is 6.10 Å². The largest absolute Gasteiger partial charge is 0.476 e. The SMILES string of the molecule is CC[C@@H](NC(=O)[C@H]1CN(S(=O)(=O)c2ccccc2)c2ccccc2O1)c1ccc(C)cc1. The van der Waals surface area contributed by atoms with Crippen molar-refractivity contribution in [3.63, 3.8) is 0 Å². The molecule has 3 aromatic carbocycles. The lowest BCUT2D eigenvalue weighted by Crippen LogP contribution is -2.51. The van der Waals surface area contributed by atoms with Crippen LogP contribution in [0.2, 0.25) is 0 Å². The van der Waals surface area contributed by atoms with Crippen LogP contribution in [-0.4, -0.2) is 27.0 Å². The first kappa shape index (κ1) is 21.9. The second-order valence-corrected chi connectivity index (χ2v) is 9.67. The Kier molecular flexibility index (Phi) is 6.19. The lowest BCUT2D eigenvalue weighted by Gasteiger charge is -2.35. The Morgan fingerprint density at radius 2 is 1.69 bits per heavy atom. The zero-order valence-corrected chi connectivity index (χ0v) is 18.9. The van der Waals surface area contributed by atoms with Crippen LogP contribution in [-0.2, 0) is 14.8 Å². The monoisotopic (exact) mass is 450 g/mol. The van der Waals surface area contributed by atoms with Gasteiger partial charge in [0.25, 0.3) is 15.9 Å². The third-order valence-corrected chi connectivity index (χ3v) is 7.36. The van der Waals surface area contributed by atoms with Gasteiger partial charge < -0.3 is 10.1 Å². The molecule has 0 aliphatic carbocycles. The van der Waals surface area contributed by atoms with Crippen LogP contribution in [0, 0.1) is 6.92 Å². The van der Waals surface area contributed by atoms with Crippen molar-refractivity contribution in [3.05, 3.63) is 90.0 Å². The molecule has 3 aromatic rings. The maximum atomic E-state index is 13.4. The number of benzene rings is 3. The summed E-state index contributed by atoms with van der Waals surface area (Å²) in [5.41, 5.74) is 2.56. The number of amides is 1. The van der Waals surface area contributed by atoms with Gasteiger partial charge in [0.1, 0.15) is 5.75 Å². The summed E-state index contributed by atoms with van der Waals surface area (Å²) >= 11 is 0. The van der Waals surface area contributed by atoms with Crippen molar-refractivity contribution in [2.75, 3.05) is 10.8 Å². The van der Waals surface area contributed by atoms with E-state index in [1.54, 1.807) is 54.6 Å². The van der Waals surface area contributed by atoms with E-state index < -0.39 is 16.1 Å². The van der Waals surface area contributed by atoms with E-state index >= 15 is 0 Å². The highest BCUT2D eigenvalue weighted by Gasteiger charge is 2.37. The Morgan fingerprint density at radius 3 is 2.38 bits per heavy atom. The molecule has 1 amide bonds. The summed E-state index contributed by atoms with van der Waals surface area (Å²) in [7, 11) is -3.86. The number of fused-ring (bicyclic) bond motifs is 1. The van der Waals surface area contributed by atoms with E-state index in [0.717, 1.165) is 11.1 Å². The summed E-state index contributed by atoms with van der Waals surface area (Å²) in [5, 5.41) is 3.03. The van der Waals surface area contributed by atoms with Crippen molar-refractivity contribution in [3.8, 4) is 5.75 Å². The van der Waals surface area contributed by atoms with E-state index in [9.17, 15) is 13.2 Å². The first-order chi connectivity index (χ1) is 15.4. The highest BCUT2D eigenvalue weighted by molar-refractivity contribution is 7.92. The average molecular weight is 451 g/mol. The number of hydrogen-bond donors (Lipinski definition) is 1. The Bertz CT molecular complexity index is 1190. The quantitative estimate of drug-likeness (QED) is 0.610. The number of nitrogens with one attached hydrogen (secondary N) is 1. The number of anilines is 1. The number of nitrogens with zero attached hydrogens (tertiary/aromatic N) is 1. The number of carbonyl (C=O) groups excluding carboxylic acids is 1. The fourth-order valence-electron chi connectivity index (χ4n) is 3.77. The fourth-order valence-corrected chi connectivity index (χ4v) is 5.27. The molecule has 0 saturated carbocycles. The number of aryl methyl sites for hydroxylation is 1. The van der Waals surface area contributed by atoms with Gasteiger partial charge in [-0.2, -0.15) is 0 Å². The minimum Gasteiger partial charge on any atom is -0.476 e. The van der Waals surface area contributed by atoms with Gasteiger partial charge in [-0.3, -0.25) is 9.10 Å². The summed E-state index contributed by atoms with van der Waals surface area (Å²) in [6.07, 6.45) is -0.271. The summed E-state index contributed by atoms with van der Waals surface area (Å²) in [6.45, 7) is 3.90. The number of carbonyl (C=O) groups is 1. The second kappa shape index (κ2) is 9.04. The Morgan fingerprint density at radius 1 is 1.03 bits per heavy atom. The van der Waals surface area contributed by atoms with Crippen molar-refractivity contribution in [2.45, 2.75) is 37.3 Å². The molecular formula is C25H26N2O4S. The molecule has 0 fully saturated rings. The van der Waals surface area contributed by atoms with Crippen LogP contribution in [0.15, 0.2) is 83.8 Å². The molecule has 0 bridgehead atoms. The predicted molar refractivity (Wildman–Crippen MR) is 124 cm³/mol. The summed E-state index contributed by atoms with van der Waals surface area (Å²) in [6, 6.07) is 22.9. The number of para-hydroxylation sites is 2. The summed E-state index contributed by atoms with van der Waals surface area (Å²) < 4.78 is 34.0. The molecule has 166 valence electrons. The van der Waals surface area contributed by atoms with Crippen LogP contribution >= 0.6 is 0 Å². The number of hydrogen-bond acceptors (Lipinski definition) is 4. The predicted octanol–water partition coefficient (Wildman–Crippen LogP) is 4.22. The molecule has 0 spiro atoms. The zero-order chi connectivity index (χ0) is 22.7. The molecule has 7 heteroatoms. The number of sulfonamides is 1. The van der Waals surface area contributed by atoms with E-state index in [0.29, 0.717) is 17.9 Å². The van der Waals surface area contributed by atoms with Crippen molar-refractivity contribution in [2.24, 2.45) is 0 Å². The molecule has 4 rings (SSSR count). The van der Waals surface area contributed by atoms with Gasteiger partial charge in [-0.05, 0) is 43.2 Å². The molecular weight excluding hydrogens is 424 g/mol. The van der Waals surface area contributed by atoms with Crippen LogP contribution in [0.25, 0.3) is 0 Å². The molecule has 1 N–H and O–H groups in total. The van der Waals surface area contributed by atoms with Gasteiger partial charge in [0.05, 0.1) is 23.2 Å². The maximum absolute atomic E-state index is 13.4. The average Bonchev–Trinajstić information content (AvgIpc) is 2.82. The van der Waals surface area contributed by atoms with Gasteiger partial charge in [-0.15, -0.1) is 0 Å². The first-order valence-corrected chi connectivity index (χ1v) is 12.0. The molecule has 2 atom stereocenters. The number of rotatable bonds is 6. The van der Waals surface area contributed by atoms with Crippen LogP contribution in [0.4, 0.5) is 5.69 Å². The molecule has 0 saturated heterocycles. The van der Waals surface area contributed by atoms with Gasteiger partial charge in [0, 0.05) is 0 Å². The Labute approximate surface area is 188 Å². The van der Waals surface area contributed by atoms with Crippen molar-refractivity contribution in [1.29, 1.82) is 0 Å². The van der Waals surface area contributed by atoms with E-state index in [-0.39, 0.29) is 23.4 Å². The van der Waals surface area contributed by atoms with Crippen molar-refractivity contribution < 1.29 is 17.9 Å². The minimum atomic E-state index is -3.86. The highest BCUT2D eigenvalue weighted by Crippen LogP contribution is 2.37. The summed E-state index contributed by atoms with van der Waals surface area (Å²) in [5.74, 6) is 0.0157. The topological polar surface area (TPSA) is 75.7 Å². The van der Waals surface area contributed by atoms with E-state index in [1.165, 1.54) is 4.31 Å². The van der Waals surface area contributed by atoms with Crippen LogP contribution in [0.5, 0.6) is 5.75 Å². The first-order valence-electron chi connectivity index (χ1n) is 10.6. The van der Waals surface area contributed by atoms with E-state index in [4.69, 9.17) is 4.74 Å². The molecule has 1 heterocycles. The maximum Gasteiger partial charge on any atom is 0.264 e. The van der Waals surface area contributed by atoms with Crippen molar-refractivity contribution in [1.82, 2.24) is 5.32 Å². The van der Waals surface area contributed by atoms with E-state index in [2.05, 4.69) is 5.32 Å². The van der Waals surface area contributed by atoms with Gasteiger partial charge in [0.2, 0.25) is 0 Å². The molecule has 0 unspecified atom stereocenters. The Balaban J connectivity index is 1.62. The molecule has 1 aliphatic heterocycles. The lowest BCUT2D eigenvalue weighted by molar-refractivity contribution is -0.128. The molecule has 0 aromatic heterocycles. The Hall–Kier alpha value is -3.32.